The zero-order chi connectivity index (χ0) is 60.3. The molecule has 2 aromatic rings. The Kier molecular flexibility index (Phi) is 31.9. The highest BCUT2D eigenvalue weighted by atomic mass is 32.1. The summed E-state index contributed by atoms with van der Waals surface area (Å²) in [6.45, 7) is 56.7. The van der Waals surface area contributed by atoms with Crippen LogP contribution >= 0.6 is 63.1 Å². The van der Waals surface area contributed by atoms with Gasteiger partial charge in [-0.3, -0.25) is 0 Å². The molecule has 0 fully saturated rings. The highest BCUT2D eigenvalue weighted by Gasteiger charge is 2.38. The molecule has 456 valence electrons. The standard InChI is InChI=1S/C41H76S3.C32H58S2/c1-36(2,20-13-16-25-42)23-19-24-39(7,8)33-28-34(40(9,10)31-37(3,4)21-14-17-26-43)30-35(29-33)41(11,12)32-38(5,6)22-15-18-27-44;1-28(2,3)25-20-26(31(8,9)23-29(4,5)16-12-14-18-33)22-27(21-25)32(10,11)24-30(6,7)17-13-15-19-34/h28-30,42-44H,13-27,31-32H2,1-12H3;20-22,33-34H,12-19,23-24H2,1-11H3. The minimum Gasteiger partial charge on any atom is -0.179 e. The van der Waals surface area contributed by atoms with Crippen molar-refractivity contribution in [1.82, 2.24) is 0 Å². The second-order valence-corrected chi connectivity index (χ2v) is 35.8. The molecule has 2 aromatic carbocycles. The molecule has 0 amide bonds. The molecule has 0 aromatic heterocycles. The largest absolute Gasteiger partial charge is 0.179 e. The van der Waals surface area contributed by atoms with E-state index in [0.29, 0.717) is 27.1 Å². The molecule has 0 radical (unpaired) electrons. The van der Waals surface area contributed by atoms with Crippen molar-refractivity contribution >= 4 is 63.1 Å². The van der Waals surface area contributed by atoms with Gasteiger partial charge in [-0.2, -0.15) is 63.1 Å². The molecule has 0 aliphatic rings. The summed E-state index contributed by atoms with van der Waals surface area (Å²) >= 11 is 22.2. The number of benzene rings is 2. The van der Waals surface area contributed by atoms with Gasteiger partial charge in [-0.25, -0.2) is 0 Å². The molecular formula is C73H134S5. The number of unbranched alkanes of at least 4 members (excludes halogenated alkanes) is 5. The van der Waals surface area contributed by atoms with Gasteiger partial charge in [0.15, 0.2) is 0 Å². The first-order valence-electron chi connectivity index (χ1n) is 31.8. The van der Waals surface area contributed by atoms with Crippen LogP contribution in [0.5, 0.6) is 0 Å². The fourth-order valence-electron chi connectivity index (χ4n) is 14.0. The average molecular weight is 1170 g/mol. The van der Waals surface area contributed by atoms with Crippen LogP contribution in [0, 0.1) is 27.1 Å². The Morgan fingerprint density at radius 1 is 0.218 bits per heavy atom. The van der Waals surface area contributed by atoms with E-state index >= 15 is 0 Å². The summed E-state index contributed by atoms with van der Waals surface area (Å²) in [5.74, 6) is 4.99. The molecule has 0 N–H and O–H groups in total. The van der Waals surface area contributed by atoms with Gasteiger partial charge in [-0.1, -0.05) is 234 Å². The Labute approximate surface area is 518 Å². The molecule has 0 heterocycles. The number of hydrogen-bond acceptors (Lipinski definition) is 5. The summed E-state index contributed by atoms with van der Waals surface area (Å²) in [4.78, 5) is 0. The van der Waals surface area contributed by atoms with Gasteiger partial charge < -0.3 is 0 Å². The molecular weight excluding hydrogens is 1040 g/mol. The maximum atomic E-state index is 4.48. The van der Waals surface area contributed by atoms with Crippen LogP contribution in [0.1, 0.15) is 334 Å². The van der Waals surface area contributed by atoms with Gasteiger partial charge in [0, 0.05) is 0 Å². The van der Waals surface area contributed by atoms with Gasteiger partial charge in [-0.15, -0.1) is 0 Å². The van der Waals surface area contributed by atoms with E-state index in [2.05, 4.69) is 259 Å². The first kappa shape index (κ1) is 76.2. The lowest BCUT2D eigenvalue weighted by Gasteiger charge is -2.40. The van der Waals surface area contributed by atoms with Crippen molar-refractivity contribution in [1.29, 1.82) is 0 Å². The highest BCUT2D eigenvalue weighted by Crippen LogP contribution is 2.48. The van der Waals surface area contributed by atoms with Crippen LogP contribution in [0.3, 0.4) is 0 Å². The van der Waals surface area contributed by atoms with Crippen LogP contribution in [0.25, 0.3) is 0 Å². The fourth-order valence-corrected chi connectivity index (χ4v) is 15.2. The van der Waals surface area contributed by atoms with E-state index in [1.807, 2.05) is 0 Å². The molecule has 5 heteroatoms. The van der Waals surface area contributed by atoms with Crippen molar-refractivity contribution in [2.24, 2.45) is 27.1 Å². The summed E-state index contributed by atoms with van der Waals surface area (Å²) < 4.78 is 0. The molecule has 0 atom stereocenters. The maximum absolute atomic E-state index is 4.48. The summed E-state index contributed by atoms with van der Waals surface area (Å²) in [5, 5.41) is 0. The van der Waals surface area contributed by atoms with Gasteiger partial charge in [0.05, 0.1) is 0 Å². The van der Waals surface area contributed by atoms with Gasteiger partial charge in [0.1, 0.15) is 0 Å². The van der Waals surface area contributed by atoms with Crippen molar-refractivity contribution in [2.45, 2.75) is 333 Å². The third-order valence-corrected chi connectivity index (χ3v) is 19.9. The highest BCUT2D eigenvalue weighted by molar-refractivity contribution is 7.80. The minimum atomic E-state index is 0.110. The fraction of sp³-hybridized carbons (Fsp3) is 0.836. The van der Waals surface area contributed by atoms with E-state index in [1.165, 1.54) is 169 Å². The lowest BCUT2D eigenvalue weighted by Crippen LogP contribution is -2.31. The molecule has 0 saturated carbocycles. The molecule has 0 aliphatic heterocycles. The van der Waals surface area contributed by atoms with E-state index in [9.17, 15) is 0 Å². The predicted molar refractivity (Wildman–Crippen MR) is 376 cm³/mol. The zero-order valence-electron chi connectivity index (χ0n) is 56.3. The Morgan fingerprint density at radius 2 is 0.410 bits per heavy atom. The second-order valence-electron chi connectivity index (χ2n) is 33.6. The Hall–Kier alpha value is 0.190. The van der Waals surface area contributed by atoms with Crippen molar-refractivity contribution in [3.63, 3.8) is 0 Å². The summed E-state index contributed by atoms with van der Waals surface area (Å²) in [7, 11) is 0. The first-order chi connectivity index (χ1) is 35.5. The second kappa shape index (κ2) is 32.6. The van der Waals surface area contributed by atoms with Crippen molar-refractivity contribution in [2.75, 3.05) is 28.8 Å². The normalized spacial score (nSPS) is 14.0. The zero-order valence-corrected chi connectivity index (χ0v) is 60.8. The Balaban J connectivity index is 0.000000806. The molecule has 0 spiro atoms. The molecule has 2 rings (SSSR count). The summed E-state index contributed by atoms with van der Waals surface area (Å²) in [5.41, 5.74) is 11.6. The smallest absolute Gasteiger partial charge is 0.00979 e. The van der Waals surface area contributed by atoms with Crippen molar-refractivity contribution in [3.05, 3.63) is 69.8 Å². The van der Waals surface area contributed by atoms with Crippen LogP contribution in [0.4, 0.5) is 0 Å². The topological polar surface area (TPSA) is 0 Å². The van der Waals surface area contributed by atoms with E-state index in [4.69, 9.17) is 0 Å². The van der Waals surface area contributed by atoms with Crippen molar-refractivity contribution < 1.29 is 0 Å². The molecule has 0 aliphatic carbocycles. The molecule has 0 bridgehead atoms. The van der Waals surface area contributed by atoms with E-state index in [-0.39, 0.29) is 32.5 Å². The Bertz CT molecular complexity index is 1870. The first-order valence-corrected chi connectivity index (χ1v) is 35.0. The van der Waals surface area contributed by atoms with Gasteiger partial charge in [0.25, 0.3) is 0 Å². The molecule has 0 unspecified atom stereocenters. The number of hydrogen-bond donors (Lipinski definition) is 5. The molecule has 0 saturated heterocycles. The molecule has 0 nitrogen and oxygen atoms in total. The predicted octanol–water partition coefficient (Wildman–Crippen LogP) is 24.4. The van der Waals surface area contributed by atoms with Crippen LogP contribution < -0.4 is 0 Å². The monoisotopic (exact) mass is 1170 g/mol. The van der Waals surface area contributed by atoms with Crippen LogP contribution in [0.2, 0.25) is 0 Å². The van der Waals surface area contributed by atoms with E-state index < -0.39 is 0 Å². The maximum Gasteiger partial charge on any atom is -0.00979 e. The third kappa shape index (κ3) is 28.9. The van der Waals surface area contributed by atoms with E-state index in [1.54, 1.807) is 5.56 Å². The van der Waals surface area contributed by atoms with Crippen LogP contribution in [0.15, 0.2) is 36.4 Å². The molecule has 78 heavy (non-hydrogen) atoms. The van der Waals surface area contributed by atoms with Gasteiger partial charge in [0.2, 0.25) is 0 Å². The van der Waals surface area contributed by atoms with Gasteiger partial charge in [-0.05, 0) is 224 Å². The summed E-state index contributed by atoms with van der Waals surface area (Å²) in [6, 6.07) is 15.4. The minimum absolute atomic E-state index is 0.110. The van der Waals surface area contributed by atoms with Crippen LogP contribution in [-0.4, -0.2) is 28.8 Å². The average Bonchev–Trinajstić information content (AvgIpc) is 3.27. The third-order valence-electron chi connectivity index (χ3n) is 18.3. The summed E-state index contributed by atoms with van der Waals surface area (Å²) in [6.07, 6.45) is 27.5. The lowest BCUT2D eigenvalue weighted by atomic mass is 9.65. The lowest BCUT2D eigenvalue weighted by molar-refractivity contribution is 0.228. The SMILES string of the molecule is CC(C)(CCCCS)CC(C)(C)c1cc(C(C)(C)C)cc(C(C)(C)CC(C)(C)CCCCS)c1.CC(C)(CCCCS)CCCC(C)(C)c1cc(C(C)(C)CC(C)(C)CCCCS)cc(C(C)(C)CC(C)(C)CCCCS)c1. The number of thiol groups is 5. The quantitative estimate of drug-likeness (QED) is 0.0323. The number of rotatable bonds is 37. The van der Waals surface area contributed by atoms with E-state index in [0.717, 1.165) is 28.8 Å². The van der Waals surface area contributed by atoms with Crippen LogP contribution in [-0.2, 0) is 32.5 Å². The van der Waals surface area contributed by atoms with Gasteiger partial charge >= 0.3 is 0 Å². The van der Waals surface area contributed by atoms with Crippen molar-refractivity contribution in [3.8, 4) is 0 Å². The Morgan fingerprint density at radius 3 is 0.628 bits per heavy atom.